The Balaban J connectivity index is 2.15. The third kappa shape index (κ3) is 3.71. The molecular weight excluding hydrogens is 384 g/mol. The van der Waals surface area contributed by atoms with Gasteiger partial charge in [0.25, 0.3) is 5.56 Å². The van der Waals surface area contributed by atoms with Crippen molar-refractivity contribution >= 4 is 17.5 Å². The number of alkyl halides is 3. The van der Waals surface area contributed by atoms with Gasteiger partial charge in [0.1, 0.15) is 6.04 Å². The topological polar surface area (TPSA) is 67.7 Å². The Morgan fingerprint density at radius 2 is 2.04 bits per heavy atom. The Kier molecular flexibility index (Phi) is 5.64. The number of aromatic nitrogens is 2. The molecule has 1 aromatic heterocycles. The highest BCUT2D eigenvalue weighted by molar-refractivity contribution is 5.82. The molecule has 3 heterocycles. The summed E-state index contributed by atoms with van der Waals surface area (Å²) in [5.41, 5.74) is -1.38. The number of anilines is 2. The third-order valence-electron chi connectivity index (χ3n) is 5.07. The van der Waals surface area contributed by atoms with E-state index < -0.39 is 30.0 Å². The molecule has 0 aromatic carbocycles. The maximum Gasteiger partial charge on any atom is 0.409 e. The fraction of sp³-hybridized carbons (Fsp3) is 0.706. The predicted molar refractivity (Wildman–Crippen MR) is 93.3 cm³/mol. The van der Waals surface area contributed by atoms with E-state index in [-0.39, 0.29) is 62.9 Å². The van der Waals surface area contributed by atoms with Gasteiger partial charge in [0.2, 0.25) is 11.8 Å². The molecule has 2 unspecified atom stereocenters. The lowest BCUT2D eigenvalue weighted by molar-refractivity contribution is -0.171. The summed E-state index contributed by atoms with van der Waals surface area (Å²) < 4.78 is 60.9. The van der Waals surface area contributed by atoms with Gasteiger partial charge in [-0.05, 0) is 13.3 Å². The molecule has 156 valence electrons. The molecule has 7 nitrogen and oxygen atoms in total. The van der Waals surface area contributed by atoms with Crippen molar-refractivity contribution in [3.63, 3.8) is 0 Å². The number of hydrogen-bond donors (Lipinski definition) is 0. The zero-order chi connectivity index (χ0) is 20.6. The lowest BCUT2D eigenvalue weighted by Crippen LogP contribution is -2.50. The quantitative estimate of drug-likeness (QED) is 0.712. The summed E-state index contributed by atoms with van der Waals surface area (Å²) in [7, 11) is 0. The predicted octanol–water partition coefficient (Wildman–Crippen LogP) is 1.90. The Bertz CT molecular complexity index is 811. The van der Waals surface area contributed by atoms with Crippen molar-refractivity contribution in [1.82, 2.24) is 9.55 Å². The van der Waals surface area contributed by atoms with E-state index in [1.807, 2.05) is 0 Å². The number of rotatable bonds is 4. The van der Waals surface area contributed by atoms with Gasteiger partial charge in [-0.25, -0.2) is 0 Å². The van der Waals surface area contributed by atoms with Crippen molar-refractivity contribution < 1.29 is 27.1 Å². The first-order valence-corrected chi connectivity index (χ1v) is 9.14. The van der Waals surface area contributed by atoms with Crippen molar-refractivity contribution in [1.29, 1.82) is 0 Å². The summed E-state index contributed by atoms with van der Waals surface area (Å²) in [6.45, 7) is 3.91. The van der Waals surface area contributed by atoms with E-state index in [0.29, 0.717) is 4.57 Å². The van der Waals surface area contributed by atoms with Crippen LogP contribution in [0.4, 0.5) is 29.3 Å². The minimum Gasteiger partial charge on any atom is -0.377 e. The highest BCUT2D eigenvalue weighted by Crippen LogP contribution is 2.38. The van der Waals surface area contributed by atoms with Crippen LogP contribution in [0.2, 0.25) is 0 Å². The number of nitrogens with zero attached hydrogens (tertiary/aromatic N) is 4. The van der Waals surface area contributed by atoms with E-state index in [4.69, 9.17) is 4.74 Å². The van der Waals surface area contributed by atoms with Crippen LogP contribution in [0.1, 0.15) is 32.7 Å². The molecule has 2 aliphatic heterocycles. The van der Waals surface area contributed by atoms with Gasteiger partial charge in [0, 0.05) is 19.5 Å². The largest absolute Gasteiger partial charge is 0.409 e. The van der Waals surface area contributed by atoms with E-state index >= 15 is 0 Å². The van der Waals surface area contributed by atoms with E-state index in [9.17, 15) is 27.2 Å². The van der Waals surface area contributed by atoms with Gasteiger partial charge in [0.15, 0.2) is 11.6 Å². The van der Waals surface area contributed by atoms with E-state index in [1.165, 1.54) is 9.80 Å². The van der Waals surface area contributed by atoms with Gasteiger partial charge >= 0.3 is 6.18 Å². The smallest absolute Gasteiger partial charge is 0.377 e. The first-order chi connectivity index (χ1) is 13.1. The summed E-state index contributed by atoms with van der Waals surface area (Å²) in [5, 5.41) is 0. The Hall–Kier alpha value is -2.17. The van der Waals surface area contributed by atoms with Crippen LogP contribution < -0.4 is 15.4 Å². The van der Waals surface area contributed by atoms with Crippen molar-refractivity contribution in [2.75, 3.05) is 42.6 Å². The van der Waals surface area contributed by atoms with Gasteiger partial charge in [-0.3, -0.25) is 14.2 Å². The van der Waals surface area contributed by atoms with Crippen LogP contribution >= 0.6 is 0 Å². The molecule has 1 aromatic rings. The lowest BCUT2D eigenvalue weighted by Gasteiger charge is -2.38. The molecule has 0 spiro atoms. The maximum atomic E-state index is 14.8. The molecule has 0 saturated carbocycles. The molecule has 0 N–H and O–H groups in total. The summed E-state index contributed by atoms with van der Waals surface area (Å²) in [6, 6.07) is -2.48. The normalized spacial score (nSPS) is 22.9. The minimum atomic E-state index is -4.73. The van der Waals surface area contributed by atoms with Crippen LogP contribution in [0.25, 0.3) is 0 Å². The molecule has 0 bridgehead atoms. The average molecular weight is 406 g/mol. The molecule has 11 heteroatoms. The number of carbonyl (C=O) groups excluding carboxylic acids is 1. The van der Waals surface area contributed by atoms with Crippen molar-refractivity contribution in [2.45, 2.75) is 44.9 Å². The zero-order valence-electron chi connectivity index (χ0n) is 15.6. The lowest BCUT2D eigenvalue weighted by atomic mass is 10.1. The number of morpholine rings is 1. The number of halogens is 4. The van der Waals surface area contributed by atoms with Gasteiger partial charge in [0.05, 0.1) is 25.8 Å². The zero-order valence-corrected chi connectivity index (χ0v) is 15.6. The van der Waals surface area contributed by atoms with Gasteiger partial charge in [-0.1, -0.05) is 6.92 Å². The highest BCUT2D eigenvalue weighted by Gasteiger charge is 2.46. The number of carbonyl (C=O) groups is 1. The van der Waals surface area contributed by atoms with Crippen LogP contribution in [-0.2, 0) is 9.53 Å². The van der Waals surface area contributed by atoms with Gasteiger partial charge in [-0.15, -0.1) is 0 Å². The number of ether oxygens (including phenoxy) is 1. The SMILES string of the molecule is CCC(=O)CN1CCC(C(F)(F)F)n2c1nc(N1CCOCC1C)c(F)c2=O. The number of ketones is 1. The van der Waals surface area contributed by atoms with Gasteiger partial charge < -0.3 is 14.5 Å². The average Bonchev–Trinajstić information content (AvgIpc) is 2.64. The molecular formula is C17H22F4N4O3. The van der Waals surface area contributed by atoms with Crippen molar-refractivity contribution in [2.24, 2.45) is 0 Å². The molecule has 1 saturated heterocycles. The van der Waals surface area contributed by atoms with Crippen LogP contribution in [0.15, 0.2) is 4.79 Å². The molecule has 3 rings (SSSR count). The Morgan fingerprint density at radius 1 is 1.32 bits per heavy atom. The number of Topliss-reactive ketones (excluding diaryl/α,β-unsaturated/α-hetero) is 1. The molecule has 28 heavy (non-hydrogen) atoms. The Labute approximate surface area is 158 Å². The fourth-order valence-electron chi connectivity index (χ4n) is 3.52. The van der Waals surface area contributed by atoms with Crippen LogP contribution in [0.3, 0.4) is 0 Å². The minimum absolute atomic E-state index is 0.105. The molecule has 0 amide bonds. The second kappa shape index (κ2) is 7.69. The number of hydrogen-bond acceptors (Lipinski definition) is 6. The number of fused-ring (bicyclic) bond motifs is 1. The Morgan fingerprint density at radius 3 is 2.64 bits per heavy atom. The second-order valence-electron chi connectivity index (χ2n) is 7.00. The second-order valence-corrected chi connectivity index (χ2v) is 7.00. The van der Waals surface area contributed by atoms with Crippen molar-refractivity contribution in [3.05, 3.63) is 16.2 Å². The molecule has 0 radical (unpaired) electrons. The first-order valence-electron chi connectivity index (χ1n) is 9.14. The van der Waals surface area contributed by atoms with Gasteiger partial charge in [-0.2, -0.15) is 22.5 Å². The van der Waals surface area contributed by atoms with Crippen molar-refractivity contribution in [3.8, 4) is 0 Å². The standard InChI is InChI=1S/C17H22F4N4O3/c1-3-11(26)8-23-5-4-12(17(19,20)21)25-15(27)13(18)14(22-16(23)25)24-6-7-28-9-10(24)2/h10,12H,3-9H2,1-2H3. The third-order valence-corrected chi connectivity index (χ3v) is 5.07. The highest BCUT2D eigenvalue weighted by atomic mass is 19.4. The van der Waals surface area contributed by atoms with Crippen LogP contribution in [0.5, 0.6) is 0 Å². The summed E-state index contributed by atoms with van der Waals surface area (Å²) in [6.07, 6.45) is -5.00. The summed E-state index contributed by atoms with van der Waals surface area (Å²) in [5.74, 6) is -2.16. The molecule has 2 atom stereocenters. The molecule has 0 aliphatic carbocycles. The fourth-order valence-corrected chi connectivity index (χ4v) is 3.52. The summed E-state index contributed by atoms with van der Waals surface area (Å²) in [4.78, 5) is 31.4. The molecule has 1 fully saturated rings. The van der Waals surface area contributed by atoms with E-state index in [0.717, 1.165) is 0 Å². The van der Waals surface area contributed by atoms with E-state index in [1.54, 1.807) is 13.8 Å². The van der Waals surface area contributed by atoms with E-state index in [2.05, 4.69) is 4.98 Å². The molecule has 2 aliphatic rings. The van der Waals surface area contributed by atoms with Crippen LogP contribution in [0, 0.1) is 5.82 Å². The van der Waals surface area contributed by atoms with Crippen LogP contribution in [-0.4, -0.2) is 60.4 Å². The monoisotopic (exact) mass is 406 g/mol. The maximum absolute atomic E-state index is 14.8. The first kappa shape index (κ1) is 20.6. The summed E-state index contributed by atoms with van der Waals surface area (Å²) >= 11 is 0.